The summed E-state index contributed by atoms with van der Waals surface area (Å²) in [7, 11) is 1.65. The lowest BCUT2D eigenvalue weighted by molar-refractivity contribution is -0.0504. The van der Waals surface area contributed by atoms with Crippen molar-refractivity contribution >= 4 is 16.9 Å². The summed E-state index contributed by atoms with van der Waals surface area (Å²) in [6.07, 6.45) is 1.76. The SMILES string of the molecule is CN=C(NCc1ccccc1OC(F)F)NCc1cccc2cccnc12. The number of rotatable bonds is 6. The number of guanidine groups is 1. The molecule has 2 N–H and O–H groups in total. The normalized spacial score (nSPS) is 11.6. The fourth-order valence-electron chi connectivity index (χ4n) is 2.75. The van der Waals surface area contributed by atoms with E-state index in [1.165, 1.54) is 6.07 Å². The third kappa shape index (κ3) is 4.91. The first-order chi connectivity index (χ1) is 13.2. The summed E-state index contributed by atoms with van der Waals surface area (Å²) in [6, 6.07) is 16.6. The number of hydrogen-bond donors (Lipinski definition) is 2. The maximum Gasteiger partial charge on any atom is 0.387 e. The van der Waals surface area contributed by atoms with Gasteiger partial charge in [0.05, 0.1) is 5.52 Å². The summed E-state index contributed by atoms with van der Waals surface area (Å²) < 4.78 is 29.6. The molecule has 0 radical (unpaired) electrons. The summed E-state index contributed by atoms with van der Waals surface area (Å²) in [5.41, 5.74) is 2.59. The lowest BCUT2D eigenvalue weighted by atomic mass is 10.1. The fraction of sp³-hybridized carbons (Fsp3) is 0.200. The number of halogens is 2. The van der Waals surface area contributed by atoms with Gasteiger partial charge in [0.1, 0.15) is 5.75 Å². The summed E-state index contributed by atoms with van der Waals surface area (Å²) in [4.78, 5) is 8.60. The molecule has 1 heterocycles. The van der Waals surface area contributed by atoms with Crippen LogP contribution in [-0.2, 0) is 13.1 Å². The largest absolute Gasteiger partial charge is 0.434 e. The van der Waals surface area contributed by atoms with Crippen LogP contribution in [0, 0.1) is 0 Å². The second kappa shape index (κ2) is 8.93. The number of pyridine rings is 1. The standard InChI is InChI=1S/C20H20F2N4O/c1-23-20(25-12-15-6-2-3-10-17(15)27-19(21)22)26-13-16-8-4-7-14-9-5-11-24-18(14)16/h2-11,19H,12-13H2,1H3,(H2,23,25,26). The van der Waals surface area contributed by atoms with Crippen molar-refractivity contribution in [3.05, 3.63) is 71.9 Å². The molecule has 0 unspecified atom stereocenters. The second-order valence-electron chi connectivity index (χ2n) is 5.76. The number of benzene rings is 2. The van der Waals surface area contributed by atoms with Gasteiger partial charge in [-0.15, -0.1) is 0 Å². The smallest absolute Gasteiger partial charge is 0.387 e. The molecule has 5 nitrogen and oxygen atoms in total. The average molecular weight is 370 g/mol. The van der Waals surface area contributed by atoms with E-state index >= 15 is 0 Å². The first-order valence-electron chi connectivity index (χ1n) is 8.47. The fourth-order valence-corrected chi connectivity index (χ4v) is 2.75. The van der Waals surface area contributed by atoms with Crippen LogP contribution < -0.4 is 15.4 Å². The molecule has 0 atom stereocenters. The van der Waals surface area contributed by atoms with E-state index in [9.17, 15) is 8.78 Å². The van der Waals surface area contributed by atoms with Crippen molar-refractivity contribution in [3.63, 3.8) is 0 Å². The zero-order valence-corrected chi connectivity index (χ0v) is 14.8. The summed E-state index contributed by atoms with van der Waals surface area (Å²) in [5, 5.41) is 7.40. The predicted molar refractivity (Wildman–Crippen MR) is 102 cm³/mol. The maximum atomic E-state index is 12.5. The van der Waals surface area contributed by atoms with Crippen molar-refractivity contribution in [3.8, 4) is 5.75 Å². The minimum Gasteiger partial charge on any atom is -0.434 e. The highest BCUT2D eigenvalue weighted by molar-refractivity contribution is 5.83. The highest BCUT2D eigenvalue weighted by atomic mass is 19.3. The van der Waals surface area contributed by atoms with E-state index in [0.717, 1.165) is 16.5 Å². The molecule has 0 fully saturated rings. The second-order valence-corrected chi connectivity index (χ2v) is 5.76. The van der Waals surface area contributed by atoms with Gasteiger partial charge >= 0.3 is 6.61 Å². The van der Waals surface area contributed by atoms with Gasteiger partial charge in [0.25, 0.3) is 0 Å². The monoisotopic (exact) mass is 370 g/mol. The molecule has 0 amide bonds. The van der Waals surface area contributed by atoms with E-state index in [4.69, 9.17) is 0 Å². The molecule has 0 aliphatic heterocycles. The Bertz CT molecular complexity index is 925. The van der Waals surface area contributed by atoms with Crippen molar-refractivity contribution < 1.29 is 13.5 Å². The Hall–Kier alpha value is -3.22. The number of nitrogens with zero attached hydrogens (tertiary/aromatic N) is 2. The highest BCUT2D eigenvalue weighted by Crippen LogP contribution is 2.20. The highest BCUT2D eigenvalue weighted by Gasteiger charge is 2.10. The Labute approximate surface area is 156 Å². The Morgan fingerprint density at radius 1 is 1.00 bits per heavy atom. The van der Waals surface area contributed by atoms with Gasteiger partial charge in [-0.05, 0) is 17.7 Å². The van der Waals surface area contributed by atoms with Gasteiger partial charge in [0, 0.05) is 37.3 Å². The molecule has 2 aromatic carbocycles. The third-order valence-corrected chi connectivity index (χ3v) is 4.02. The molecule has 0 aliphatic carbocycles. The van der Waals surface area contributed by atoms with Crippen molar-refractivity contribution in [1.29, 1.82) is 0 Å². The Morgan fingerprint density at radius 3 is 2.48 bits per heavy atom. The van der Waals surface area contributed by atoms with Gasteiger partial charge in [0.2, 0.25) is 0 Å². The Morgan fingerprint density at radius 2 is 1.70 bits per heavy atom. The van der Waals surface area contributed by atoms with Crippen LogP contribution in [0.25, 0.3) is 10.9 Å². The van der Waals surface area contributed by atoms with Gasteiger partial charge in [-0.25, -0.2) is 0 Å². The van der Waals surface area contributed by atoms with Gasteiger partial charge in [0.15, 0.2) is 5.96 Å². The van der Waals surface area contributed by atoms with Crippen LogP contribution in [0.15, 0.2) is 65.8 Å². The van der Waals surface area contributed by atoms with Crippen LogP contribution in [0.5, 0.6) is 5.75 Å². The Kier molecular flexibility index (Phi) is 6.14. The van der Waals surface area contributed by atoms with Crippen LogP contribution in [0.1, 0.15) is 11.1 Å². The topological polar surface area (TPSA) is 58.5 Å². The van der Waals surface area contributed by atoms with Gasteiger partial charge < -0.3 is 15.4 Å². The first-order valence-corrected chi connectivity index (χ1v) is 8.47. The molecule has 7 heteroatoms. The van der Waals surface area contributed by atoms with E-state index in [1.54, 1.807) is 31.4 Å². The summed E-state index contributed by atoms with van der Waals surface area (Å²) >= 11 is 0. The molecular weight excluding hydrogens is 350 g/mol. The van der Waals surface area contributed by atoms with Crippen molar-refractivity contribution in [2.75, 3.05) is 7.05 Å². The van der Waals surface area contributed by atoms with Crippen LogP contribution in [0.2, 0.25) is 0 Å². The van der Waals surface area contributed by atoms with Crippen LogP contribution in [0.4, 0.5) is 8.78 Å². The molecule has 0 saturated heterocycles. The molecular formula is C20H20F2N4O. The van der Waals surface area contributed by atoms with Crippen molar-refractivity contribution in [1.82, 2.24) is 15.6 Å². The molecule has 3 rings (SSSR count). The molecule has 0 bridgehead atoms. The number of alkyl halides is 2. The summed E-state index contributed by atoms with van der Waals surface area (Å²) in [5.74, 6) is 0.698. The van der Waals surface area contributed by atoms with Crippen LogP contribution in [-0.4, -0.2) is 24.6 Å². The van der Waals surface area contributed by atoms with Gasteiger partial charge in [-0.2, -0.15) is 8.78 Å². The molecule has 27 heavy (non-hydrogen) atoms. The maximum absolute atomic E-state index is 12.5. The van der Waals surface area contributed by atoms with E-state index in [0.29, 0.717) is 24.6 Å². The molecule has 0 aliphatic rings. The third-order valence-electron chi connectivity index (χ3n) is 4.02. The zero-order chi connectivity index (χ0) is 19.1. The molecule has 0 saturated carbocycles. The van der Waals surface area contributed by atoms with Crippen LogP contribution >= 0.6 is 0 Å². The summed E-state index contributed by atoms with van der Waals surface area (Å²) in [6.45, 7) is -2.03. The van der Waals surface area contributed by atoms with Crippen LogP contribution in [0.3, 0.4) is 0 Å². The van der Waals surface area contributed by atoms with Crippen molar-refractivity contribution in [2.45, 2.75) is 19.7 Å². The lowest BCUT2D eigenvalue weighted by Gasteiger charge is -2.15. The van der Waals surface area contributed by atoms with E-state index in [-0.39, 0.29) is 5.75 Å². The number of hydrogen-bond acceptors (Lipinski definition) is 3. The predicted octanol–water partition coefficient (Wildman–Crippen LogP) is 3.70. The van der Waals surface area contributed by atoms with Gasteiger partial charge in [-0.3, -0.25) is 9.98 Å². The van der Waals surface area contributed by atoms with Crippen molar-refractivity contribution in [2.24, 2.45) is 4.99 Å². The number of fused-ring (bicyclic) bond motifs is 1. The molecule has 140 valence electrons. The molecule has 1 aromatic heterocycles. The van der Waals surface area contributed by atoms with E-state index in [1.807, 2.05) is 30.3 Å². The number of ether oxygens (including phenoxy) is 1. The van der Waals surface area contributed by atoms with E-state index in [2.05, 4.69) is 25.3 Å². The Balaban J connectivity index is 1.64. The minimum atomic E-state index is -2.86. The van der Waals surface area contributed by atoms with E-state index < -0.39 is 6.61 Å². The van der Waals surface area contributed by atoms with Gasteiger partial charge in [-0.1, -0.05) is 42.5 Å². The average Bonchev–Trinajstić information content (AvgIpc) is 2.69. The lowest BCUT2D eigenvalue weighted by Crippen LogP contribution is -2.36. The number of nitrogens with one attached hydrogen (secondary N) is 2. The first kappa shape index (κ1) is 18.6. The number of aromatic nitrogens is 1. The zero-order valence-electron chi connectivity index (χ0n) is 14.8. The molecule has 3 aromatic rings. The molecule has 0 spiro atoms. The number of aliphatic imine (C=N–C) groups is 1. The quantitative estimate of drug-likeness (QED) is 0.513. The minimum absolute atomic E-state index is 0.147. The number of para-hydroxylation sites is 2.